The zero-order valence-corrected chi connectivity index (χ0v) is 14.7. The van der Waals surface area contributed by atoms with Gasteiger partial charge in [-0.1, -0.05) is 27.7 Å². The number of fused-ring (bicyclic) bond motifs is 1. The third-order valence-corrected chi connectivity index (χ3v) is 4.70. The highest BCUT2D eigenvalue weighted by molar-refractivity contribution is 5.57. The number of aromatic nitrogens is 1. The third kappa shape index (κ3) is 3.54. The molecule has 0 N–H and O–H groups in total. The summed E-state index contributed by atoms with van der Waals surface area (Å²) < 4.78 is 7.58. The minimum atomic E-state index is 0.405. The van der Waals surface area contributed by atoms with Crippen LogP contribution in [0.3, 0.4) is 0 Å². The highest BCUT2D eigenvalue weighted by atomic mass is 16.5. The van der Waals surface area contributed by atoms with Gasteiger partial charge in [0.25, 0.3) is 0 Å². The van der Waals surface area contributed by atoms with Crippen LogP contribution in [0, 0.1) is 5.92 Å². The van der Waals surface area contributed by atoms with Gasteiger partial charge < -0.3 is 14.2 Å². The van der Waals surface area contributed by atoms with Gasteiger partial charge >= 0.3 is 0 Å². The molecule has 2 atom stereocenters. The molecule has 0 saturated heterocycles. The van der Waals surface area contributed by atoms with Crippen molar-refractivity contribution in [3.63, 3.8) is 0 Å². The SMILES string of the molecule is CC[C@@H](N=CN1CCc2ccn(COC)c2[C@@H]1CC)C(C)C. The Kier molecular flexibility index (Phi) is 6.07. The van der Waals surface area contributed by atoms with Crippen molar-refractivity contribution in [3.8, 4) is 0 Å². The maximum atomic E-state index is 5.34. The molecule has 0 spiro atoms. The fraction of sp³-hybridized carbons (Fsp3) is 0.722. The normalized spacial score (nSPS) is 19.9. The molecule has 4 nitrogen and oxygen atoms in total. The lowest BCUT2D eigenvalue weighted by molar-refractivity contribution is 0.123. The molecule has 0 radical (unpaired) electrons. The molecule has 0 unspecified atom stereocenters. The van der Waals surface area contributed by atoms with Crippen molar-refractivity contribution in [1.82, 2.24) is 9.47 Å². The molecule has 124 valence electrons. The van der Waals surface area contributed by atoms with Gasteiger partial charge in [0.1, 0.15) is 6.73 Å². The smallest absolute Gasteiger partial charge is 0.122 e. The summed E-state index contributed by atoms with van der Waals surface area (Å²) >= 11 is 0. The molecule has 1 aromatic rings. The summed E-state index contributed by atoms with van der Waals surface area (Å²) in [6, 6.07) is 3.07. The van der Waals surface area contributed by atoms with Gasteiger partial charge in [0.15, 0.2) is 0 Å². The molecule has 2 rings (SSSR count). The first-order chi connectivity index (χ1) is 10.6. The molecule has 0 fully saturated rings. The van der Waals surface area contributed by atoms with Gasteiger partial charge in [-0.15, -0.1) is 0 Å². The summed E-state index contributed by atoms with van der Waals surface area (Å²) in [6.07, 6.45) is 7.54. The van der Waals surface area contributed by atoms with Crippen LogP contribution in [0.5, 0.6) is 0 Å². The maximum Gasteiger partial charge on any atom is 0.122 e. The summed E-state index contributed by atoms with van der Waals surface area (Å²) in [5.74, 6) is 0.596. The predicted molar refractivity (Wildman–Crippen MR) is 92.3 cm³/mol. The Morgan fingerprint density at radius 1 is 1.41 bits per heavy atom. The van der Waals surface area contributed by atoms with Crippen molar-refractivity contribution < 1.29 is 4.74 Å². The average molecular weight is 305 g/mol. The second-order valence-electron chi connectivity index (χ2n) is 6.51. The van der Waals surface area contributed by atoms with Crippen LogP contribution in [0.1, 0.15) is 57.8 Å². The van der Waals surface area contributed by atoms with E-state index in [9.17, 15) is 0 Å². The Balaban J connectivity index is 2.20. The molecule has 0 aliphatic carbocycles. The molecule has 0 amide bonds. The molecule has 1 aliphatic heterocycles. The van der Waals surface area contributed by atoms with E-state index in [0.717, 1.165) is 25.8 Å². The lowest BCUT2D eigenvalue weighted by atomic mass is 9.98. The Morgan fingerprint density at radius 3 is 2.77 bits per heavy atom. The van der Waals surface area contributed by atoms with Crippen LogP contribution in [0.4, 0.5) is 0 Å². The standard InChI is InChI=1S/C18H31N3O/c1-6-16(14(3)4)19-12-20-10-8-15-9-11-21(13-22-5)18(15)17(20)7-2/h9,11-12,14,16-17H,6-8,10,13H2,1-5H3/t16-,17+/m1/s1. The number of ether oxygens (including phenoxy) is 1. The van der Waals surface area contributed by atoms with Crippen LogP contribution < -0.4 is 0 Å². The first-order valence-electron chi connectivity index (χ1n) is 8.58. The molecular weight excluding hydrogens is 274 g/mol. The zero-order valence-electron chi connectivity index (χ0n) is 14.7. The Hall–Kier alpha value is -1.29. The highest BCUT2D eigenvalue weighted by Crippen LogP contribution is 2.32. The lowest BCUT2D eigenvalue weighted by Crippen LogP contribution is -2.36. The van der Waals surface area contributed by atoms with E-state index in [1.165, 1.54) is 11.3 Å². The summed E-state index contributed by atoms with van der Waals surface area (Å²) in [4.78, 5) is 7.27. The van der Waals surface area contributed by atoms with E-state index in [4.69, 9.17) is 9.73 Å². The molecule has 1 aromatic heterocycles. The number of aliphatic imine (C=N–C) groups is 1. The third-order valence-electron chi connectivity index (χ3n) is 4.70. The topological polar surface area (TPSA) is 29.8 Å². The van der Waals surface area contributed by atoms with E-state index >= 15 is 0 Å². The number of hydrogen-bond acceptors (Lipinski definition) is 2. The van der Waals surface area contributed by atoms with Crippen LogP contribution in [-0.2, 0) is 17.9 Å². The molecular formula is C18H31N3O. The van der Waals surface area contributed by atoms with Crippen molar-refractivity contribution in [2.75, 3.05) is 13.7 Å². The van der Waals surface area contributed by atoms with Gasteiger partial charge in [0.05, 0.1) is 18.4 Å². The highest BCUT2D eigenvalue weighted by Gasteiger charge is 2.27. The Labute approximate surface area is 135 Å². The Morgan fingerprint density at radius 2 is 2.18 bits per heavy atom. The van der Waals surface area contributed by atoms with E-state index < -0.39 is 0 Å². The van der Waals surface area contributed by atoms with Gasteiger partial charge in [0, 0.05) is 25.5 Å². The number of rotatable bonds is 7. The first-order valence-corrected chi connectivity index (χ1v) is 8.58. The summed E-state index contributed by atoms with van der Waals surface area (Å²) in [5.41, 5.74) is 2.86. The van der Waals surface area contributed by atoms with Crippen LogP contribution >= 0.6 is 0 Å². The fourth-order valence-corrected chi connectivity index (χ4v) is 3.45. The summed E-state index contributed by atoms with van der Waals surface area (Å²) in [6.45, 7) is 10.7. The van der Waals surface area contributed by atoms with E-state index in [-0.39, 0.29) is 0 Å². The van der Waals surface area contributed by atoms with Crippen molar-refractivity contribution in [3.05, 3.63) is 23.5 Å². The minimum Gasteiger partial charge on any atom is -0.364 e. The van der Waals surface area contributed by atoms with Crippen molar-refractivity contribution in [2.24, 2.45) is 10.9 Å². The van der Waals surface area contributed by atoms with Crippen LogP contribution in [0.15, 0.2) is 17.3 Å². The van der Waals surface area contributed by atoms with E-state index in [0.29, 0.717) is 24.7 Å². The first kappa shape index (κ1) is 17.1. The van der Waals surface area contributed by atoms with Crippen molar-refractivity contribution >= 4 is 6.34 Å². The molecule has 0 bridgehead atoms. The van der Waals surface area contributed by atoms with Gasteiger partial charge in [-0.25, -0.2) is 0 Å². The second-order valence-corrected chi connectivity index (χ2v) is 6.51. The number of hydrogen-bond donors (Lipinski definition) is 0. The van der Waals surface area contributed by atoms with Gasteiger partial charge in [0.2, 0.25) is 0 Å². The second kappa shape index (κ2) is 7.82. The Bertz CT molecular complexity index is 493. The summed E-state index contributed by atoms with van der Waals surface area (Å²) in [7, 11) is 1.75. The molecule has 2 heterocycles. The van der Waals surface area contributed by atoms with Crippen LogP contribution in [-0.4, -0.2) is 35.5 Å². The minimum absolute atomic E-state index is 0.405. The zero-order chi connectivity index (χ0) is 16.1. The van der Waals surface area contributed by atoms with E-state index in [1.807, 2.05) is 0 Å². The van der Waals surface area contributed by atoms with E-state index in [2.05, 4.69) is 55.8 Å². The molecule has 0 saturated carbocycles. The molecule has 1 aliphatic rings. The van der Waals surface area contributed by atoms with Crippen LogP contribution in [0.25, 0.3) is 0 Å². The molecule has 0 aromatic carbocycles. The molecule has 4 heteroatoms. The van der Waals surface area contributed by atoms with Crippen molar-refractivity contribution in [1.29, 1.82) is 0 Å². The predicted octanol–water partition coefficient (Wildman–Crippen LogP) is 3.86. The van der Waals surface area contributed by atoms with Gasteiger partial charge in [-0.2, -0.15) is 0 Å². The monoisotopic (exact) mass is 305 g/mol. The van der Waals surface area contributed by atoms with Crippen molar-refractivity contribution in [2.45, 2.75) is 65.8 Å². The number of methoxy groups -OCH3 is 1. The van der Waals surface area contributed by atoms with Crippen LogP contribution in [0.2, 0.25) is 0 Å². The maximum absolute atomic E-state index is 5.34. The summed E-state index contributed by atoms with van der Waals surface area (Å²) in [5, 5.41) is 0. The van der Waals surface area contributed by atoms with Gasteiger partial charge in [-0.05, 0) is 36.8 Å². The lowest BCUT2D eigenvalue weighted by Gasteiger charge is -2.35. The fourth-order valence-electron chi connectivity index (χ4n) is 3.45. The van der Waals surface area contributed by atoms with E-state index in [1.54, 1.807) is 7.11 Å². The number of nitrogens with zero attached hydrogens (tertiary/aromatic N) is 3. The quantitative estimate of drug-likeness (QED) is 0.565. The average Bonchev–Trinajstić information content (AvgIpc) is 2.91. The van der Waals surface area contributed by atoms with Gasteiger partial charge in [-0.3, -0.25) is 4.99 Å². The molecule has 22 heavy (non-hydrogen) atoms. The largest absolute Gasteiger partial charge is 0.364 e.